The Morgan fingerprint density at radius 2 is 1.27 bits per heavy atom. The van der Waals surface area contributed by atoms with Gasteiger partial charge >= 0.3 is 27.1 Å². The molecule has 0 saturated carbocycles. The molecule has 2 amide bonds. The van der Waals surface area contributed by atoms with Crippen LogP contribution in [0.5, 0.6) is 11.5 Å². The van der Waals surface area contributed by atoms with Gasteiger partial charge in [0.1, 0.15) is 11.5 Å². The molecule has 0 aromatic heterocycles. The summed E-state index contributed by atoms with van der Waals surface area (Å²) < 4.78 is 8.19. The fraction of sp³-hybridized carbons (Fsp3) is 0.118. The van der Waals surface area contributed by atoms with Crippen LogP contribution in [0.2, 0.25) is 0 Å². The average Bonchev–Trinajstić information content (AvgIpc) is 2.60. The number of hydrazone groups is 2. The second kappa shape index (κ2) is 10.8. The molecule has 0 aliphatic rings. The topological polar surface area (TPSA) is 123 Å². The molecule has 0 unspecified atom stereocenters. The molecule has 2 aromatic rings. The van der Waals surface area contributed by atoms with Crippen molar-refractivity contribution in [1.82, 2.24) is 10.9 Å². The predicted octanol–water partition coefficient (Wildman–Crippen LogP) is 2.26. The average molecular weight is 393 g/mol. The first-order chi connectivity index (χ1) is 12.5. The van der Waals surface area contributed by atoms with E-state index in [0.29, 0.717) is 11.1 Å². The number of nitrogens with zero attached hydrogens (tertiary/aromatic N) is 2. The second-order valence-electron chi connectivity index (χ2n) is 5.19. The molecular formula is C17H18N4O4V. The van der Waals surface area contributed by atoms with E-state index in [4.69, 9.17) is 3.67 Å². The maximum atomic E-state index is 11.5. The van der Waals surface area contributed by atoms with Crippen molar-refractivity contribution >= 4 is 18.5 Å². The predicted molar refractivity (Wildman–Crippen MR) is 93.2 cm³/mol. The van der Waals surface area contributed by atoms with E-state index in [1.807, 2.05) is 26.0 Å². The number of hydrogen-bond donors (Lipinski definition) is 4. The van der Waals surface area contributed by atoms with Crippen LogP contribution >= 0.6 is 0 Å². The van der Waals surface area contributed by atoms with Gasteiger partial charge in [-0.3, -0.25) is 0 Å². The third-order valence-corrected chi connectivity index (χ3v) is 3.11. The van der Waals surface area contributed by atoms with Gasteiger partial charge in [0.15, 0.2) is 0 Å². The number of nitrogens with one attached hydrogen (secondary N) is 2. The van der Waals surface area contributed by atoms with Crippen molar-refractivity contribution in [1.29, 1.82) is 0 Å². The summed E-state index contributed by atoms with van der Waals surface area (Å²) in [6.45, 7) is 3.71. The van der Waals surface area contributed by atoms with E-state index in [0.717, 1.165) is 28.5 Å². The molecule has 0 radical (unpaired) electrons. The van der Waals surface area contributed by atoms with E-state index in [2.05, 4.69) is 21.1 Å². The van der Waals surface area contributed by atoms with Crippen LogP contribution in [-0.4, -0.2) is 28.7 Å². The van der Waals surface area contributed by atoms with Crippen LogP contribution in [0, 0.1) is 13.8 Å². The molecule has 0 aliphatic carbocycles. The van der Waals surface area contributed by atoms with Gasteiger partial charge in [-0.25, -0.2) is 15.6 Å². The van der Waals surface area contributed by atoms with E-state index in [-0.39, 0.29) is 11.5 Å². The number of rotatable bonds is 4. The molecule has 0 atom stereocenters. The number of phenols is 2. The molecule has 0 spiro atoms. The van der Waals surface area contributed by atoms with E-state index >= 15 is 0 Å². The van der Waals surface area contributed by atoms with Crippen LogP contribution < -0.4 is 10.9 Å². The number of aryl methyl sites for hydroxylation is 2. The molecule has 0 fully saturated rings. The molecule has 2 aromatic carbocycles. The summed E-state index contributed by atoms with van der Waals surface area (Å²) in [5.41, 5.74) is 7.23. The molecule has 4 N–H and O–H groups in total. The van der Waals surface area contributed by atoms with Crippen molar-refractivity contribution in [2.75, 3.05) is 0 Å². The molecule has 0 bridgehead atoms. The number of urea groups is 1. The van der Waals surface area contributed by atoms with Gasteiger partial charge in [-0.05, 0) is 49.2 Å². The van der Waals surface area contributed by atoms with E-state index in [9.17, 15) is 15.0 Å². The van der Waals surface area contributed by atoms with Gasteiger partial charge in [-0.1, -0.05) is 12.1 Å². The van der Waals surface area contributed by atoms with Crippen LogP contribution in [0.25, 0.3) is 0 Å². The van der Waals surface area contributed by atoms with Gasteiger partial charge in [-0.15, -0.1) is 0 Å². The number of carbonyl (C=O) groups is 1. The summed E-state index contributed by atoms with van der Waals surface area (Å²) in [7, 11) is 0. The van der Waals surface area contributed by atoms with Gasteiger partial charge in [0, 0.05) is 11.1 Å². The SMILES string of the molecule is Cc1ccc(/C=N/NC(=O)N/N=C/c2ccc(C)cc2O)c(O)c1.[O]=[V]. The van der Waals surface area contributed by atoms with Gasteiger partial charge in [-0.2, -0.15) is 10.2 Å². The van der Waals surface area contributed by atoms with Crippen LogP contribution in [0.4, 0.5) is 4.79 Å². The Kier molecular flexibility index (Phi) is 8.76. The first-order valence-corrected chi connectivity index (χ1v) is 7.92. The van der Waals surface area contributed by atoms with Crippen molar-refractivity contribution in [3.63, 3.8) is 0 Å². The molecule has 0 aliphatic heterocycles. The molecule has 9 heteroatoms. The van der Waals surface area contributed by atoms with Crippen molar-refractivity contribution in [2.45, 2.75) is 13.8 Å². The molecule has 26 heavy (non-hydrogen) atoms. The number of hydrogen-bond acceptors (Lipinski definition) is 6. The van der Waals surface area contributed by atoms with E-state index < -0.39 is 6.03 Å². The minimum absolute atomic E-state index is 0.0776. The Labute approximate surface area is 159 Å². The normalized spacial score (nSPS) is 10.3. The summed E-state index contributed by atoms with van der Waals surface area (Å²) in [5.74, 6) is 0.155. The van der Waals surface area contributed by atoms with Gasteiger partial charge < -0.3 is 10.2 Å². The quantitative estimate of drug-likeness (QED) is 0.470. The van der Waals surface area contributed by atoms with Crippen LogP contribution in [-0.2, 0) is 21.0 Å². The zero-order valence-electron chi connectivity index (χ0n) is 14.2. The maximum absolute atomic E-state index is 11.5. The minimum atomic E-state index is -0.652. The van der Waals surface area contributed by atoms with Crippen LogP contribution in [0.3, 0.4) is 0 Å². The monoisotopic (exact) mass is 393 g/mol. The Bertz CT molecular complexity index is 759. The van der Waals surface area contributed by atoms with Gasteiger partial charge in [0.2, 0.25) is 0 Å². The van der Waals surface area contributed by atoms with Crippen molar-refractivity contribution in [3.05, 3.63) is 58.7 Å². The number of carbonyl (C=O) groups excluding carboxylic acids is 1. The number of phenolic OH excluding ortho intramolecular Hbond substituents is 2. The molecule has 8 nitrogen and oxygen atoms in total. The molecule has 2 rings (SSSR count). The summed E-state index contributed by atoms with van der Waals surface area (Å²) in [6.07, 6.45) is 2.65. The van der Waals surface area contributed by atoms with Gasteiger partial charge in [0.25, 0.3) is 0 Å². The van der Waals surface area contributed by atoms with E-state index in [1.165, 1.54) is 12.4 Å². The molecule has 0 saturated heterocycles. The Morgan fingerprint density at radius 3 is 1.62 bits per heavy atom. The molecule has 135 valence electrons. The summed E-state index contributed by atoms with van der Waals surface area (Å²) in [5, 5.41) is 26.8. The zero-order valence-corrected chi connectivity index (χ0v) is 15.6. The van der Waals surface area contributed by atoms with Crippen molar-refractivity contribution < 1.29 is 36.1 Å². The Hall–Kier alpha value is -2.97. The summed E-state index contributed by atoms with van der Waals surface area (Å²) in [4.78, 5) is 11.5. The van der Waals surface area contributed by atoms with Crippen molar-refractivity contribution in [3.8, 4) is 11.5 Å². The molecule has 0 heterocycles. The Balaban J connectivity index is 0.00000163. The molecular weight excluding hydrogens is 375 g/mol. The van der Waals surface area contributed by atoms with Crippen molar-refractivity contribution in [2.24, 2.45) is 10.2 Å². The fourth-order valence-electron chi connectivity index (χ4n) is 1.87. The van der Waals surface area contributed by atoms with Crippen LogP contribution in [0.15, 0.2) is 46.6 Å². The number of aromatic hydroxyl groups is 2. The zero-order chi connectivity index (χ0) is 19.5. The fourth-order valence-corrected chi connectivity index (χ4v) is 1.87. The third kappa shape index (κ3) is 6.88. The number of amides is 2. The van der Waals surface area contributed by atoms with Crippen LogP contribution in [0.1, 0.15) is 22.3 Å². The number of benzene rings is 2. The first-order valence-electron chi connectivity index (χ1n) is 7.35. The van der Waals surface area contributed by atoms with E-state index in [1.54, 1.807) is 24.3 Å². The standard InChI is InChI=1S/C17H18N4O3.O.V/c1-11-3-5-13(15(22)7-11)9-18-20-17(24)21-19-10-14-6-4-12(2)8-16(14)23;;/h3-10,22-23H,1-2H3,(H2,20,21,24);;/b18-9+,19-10+;;. The summed E-state index contributed by atoms with van der Waals surface area (Å²) >= 11 is 1.06. The first kappa shape index (κ1) is 21.1. The third-order valence-electron chi connectivity index (χ3n) is 3.11. The summed E-state index contributed by atoms with van der Waals surface area (Å²) in [6, 6.07) is 9.55. The second-order valence-corrected chi connectivity index (χ2v) is 5.19. The van der Waals surface area contributed by atoms with Gasteiger partial charge in [0.05, 0.1) is 12.4 Å². The Morgan fingerprint density at radius 1 is 0.885 bits per heavy atom.